The number of halogens is 3. The van der Waals surface area contributed by atoms with Crippen molar-refractivity contribution in [2.24, 2.45) is 11.1 Å². The Morgan fingerprint density at radius 2 is 1.82 bits per heavy atom. The second-order valence-electron chi connectivity index (χ2n) is 4.81. The summed E-state index contributed by atoms with van der Waals surface area (Å²) in [6, 6.07) is 0. The van der Waals surface area contributed by atoms with Gasteiger partial charge >= 0.3 is 6.18 Å². The standard InChI is InChI=1S/C11H23F3N2O/c1-3-4-10(2,7-15)8-16(5-6-17)9-11(12,13)14/h17H,3-9,15H2,1-2H3. The van der Waals surface area contributed by atoms with Gasteiger partial charge in [0, 0.05) is 13.1 Å². The zero-order chi connectivity index (χ0) is 13.5. The van der Waals surface area contributed by atoms with Gasteiger partial charge in [0.2, 0.25) is 0 Å². The van der Waals surface area contributed by atoms with E-state index in [-0.39, 0.29) is 25.1 Å². The summed E-state index contributed by atoms with van der Waals surface area (Å²) in [7, 11) is 0. The molecule has 0 spiro atoms. The predicted octanol–water partition coefficient (Wildman–Crippen LogP) is 1.61. The Morgan fingerprint density at radius 1 is 1.24 bits per heavy atom. The molecular formula is C11H23F3N2O. The summed E-state index contributed by atoms with van der Waals surface area (Å²) in [6.45, 7) is 3.23. The molecular weight excluding hydrogens is 233 g/mol. The number of hydrogen-bond acceptors (Lipinski definition) is 3. The largest absolute Gasteiger partial charge is 0.401 e. The first-order valence-electron chi connectivity index (χ1n) is 5.86. The lowest BCUT2D eigenvalue weighted by Gasteiger charge is -2.34. The van der Waals surface area contributed by atoms with Crippen molar-refractivity contribution >= 4 is 0 Å². The third-order valence-corrected chi connectivity index (χ3v) is 2.77. The lowest BCUT2D eigenvalue weighted by atomic mass is 9.85. The summed E-state index contributed by atoms with van der Waals surface area (Å²) in [5, 5.41) is 8.79. The molecule has 0 fully saturated rings. The SMILES string of the molecule is CCCC(C)(CN)CN(CCO)CC(F)(F)F. The fourth-order valence-corrected chi connectivity index (χ4v) is 2.00. The average Bonchev–Trinajstić information content (AvgIpc) is 2.15. The molecule has 0 amide bonds. The molecule has 3 nitrogen and oxygen atoms in total. The van der Waals surface area contributed by atoms with Crippen molar-refractivity contribution < 1.29 is 18.3 Å². The first-order chi connectivity index (χ1) is 7.76. The molecule has 17 heavy (non-hydrogen) atoms. The maximum atomic E-state index is 12.3. The Hall–Kier alpha value is -0.330. The smallest absolute Gasteiger partial charge is 0.395 e. The van der Waals surface area contributed by atoms with E-state index in [1.165, 1.54) is 4.90 Å². The summed E-state index contributed by atoms with van der Waals surface area (Å²) in [5.74, 6) is 0. The van der Waals surface area contributed by atoms with Gasteiger partial charge in [0.25, 0.3) is 0 Å². The van der Waals surface area contributed by atoms with Crippen LogP contribution in [0.2, 0.25) is 0 Å². The second kappa shape index (κ2) is 7.18. The first-order valence-corrected chi connectivity index (χ1v) is 5.86. The molecule has 1 atom stereocenters. The fraction of sp³-hybridized carbons (Fsp3) is 1.00. The van der Waals surface area contributed by atoms with E-state index in [0.29, 0.717) is 6.54 Å². The third-order valence-electron chi connectivity index (χ3n) is 2.77. The van der Waals surface area contributed by atoms with Crippen LogP contribution in [0, 0.1) is 5.41 Å². The Balaban J connectivity index is 4.50. The van der Waals surface area contributed by atoms with E-state index in [4.69, 9.17) is 10.8 Å². The van der Waals surface area contributed by atoms with E-state index in [9.17, 15) is 13.2 Å². The minimum absolute atomic E-state index is 0.0266. The molecule has 104 valence electrons. The van der Waals surface area contributed by atoms with Crippen LogP contribution in [0.3, 0.4) is 0 Å². The zero-order valence-corrected chi connectivity index (χ0v) is 10.6. The minimum Gasteiger partial charge on any atom is -0.395 e. The van der Waals surface area contributed by atoms with Gasteiger partial charge in [0.15, 0.2) is 0 Å². The van der Waals surface area contributed by atoms with Crippen molar-refractivity contribution in [1.82, 2.24) is 4.90 Å². The van der Waals surface area contributed by atoms with E-state index >= 15 is 0 Å². The fourth-order valence-electron chi connectivity index (χ4n) is 2.00. The molecule has 0 heterocycles. The van der Waals surface area contributed by atoms with Gasteiger partial charge in [-0.1, -0.05) is 20.3 Å². The maximum Gasteiger partial charge on any atom is 0.401 e. The molecule has 0 aromatic carbocycles. The van der Waals surface area contributed by atoms with Crippen LogP contribution >= 0.6 is 0 Å². The second-order valence-corrected chi connectivity index (χ2v) is 4.81. The van der Waals surface area contributed by atoms with Crippen molar-refractivity contribution in [1.29, 1.82) is 0 Å². The summed E-state index contributed by atoms with van der Waals surface area (Å²) >= 11 is 0. The molecule has 0 radical (unpaired) electrons. The lowest BCUT2D eigenvalue weighted by molar-refractivity contribution is -0.149. The molecule has 0 aliphatic heterocycles. The summed E-state index contributed by atoms with van der Waals surface area (Å²) in [6.07, 6.45) is -2.58. The molecule has 0 aliphatic carbocycles. The molecule has 0 bridgehead atoms. The molecule has 3 N–H and O–H groups in total. The molecule has 0 rings (SSSR count). The lowest BCUT2D eigenvalue weighted by Crippen LogP contribution is -2.45. The highest BCUT2D eigenvalue weighted by Gasteiger charge is 2.33. The van der Waals surface area contributed by atoms with E-state index < -0.39 is 12.7 Å². The highest BCUT2D eigenvalue weighted by Crippen LogP contribution is 2.25. The molecule has 0 saturated heterocycles. The summed E-state index contributed by atoms with van der Waals surface area (Å²) < 4.78 is 37.0. The third kappa shape index (κ3) is 7.57. The Bertz CT molecular complexity index is 211. The van der Waals surface area contributed by atoms with Crippen LogP contribution in [-0.4, -0.2) is 49.0 Å². The van der Waals surface area contributed by atoms with Crippen molar-refractivity contribution in [2.75, 3.05) is 32.8 Å². The minimum atomic E-state index is -4.24. The monoisotopic (exact) mass is 256 g/mol. The summed E-state index contributed by atoms with van der Waals surface area (Å²) in [4.78, 5) is 1.22. The maximum absolute atomic E-state index is 12.3. The normalized spacial score (nSPS) is 16.2. The van der Waals surface area contributed by atoms with Crippen LogP contribution in [0.5, 0.6) is 0 Å². The quantitative estimate of drug-likeness (QED) is 0.693. The highest BCUT2D eigenvalue weighted by molar-refractivity contribution is 4.80. The number of nitrogens with two attached hydrogens (primary N) is 1. The number of nitrogens with zero attached hydrogens (tertiary/aromatic N) is 1. The van der Waals surface area contributed by atoms with Crippen molar-refractivity contribution in [3.8, 4) is 0 Å². The van der Waals surface area contributed by atoms with Gasteiger partial charge in [-0.2, -0.15) is 13.2 Å². The van der Waals surface area contributed by atoms with Crippen LogP contribution in [-0.2, 0) is 0 Å². The Morgan fingerprint density at radius 3 is 2.18 bits per heavy atom. The van der Waals surface area contributed by atoms with Gasteiger partial charge in [0.05, 0.1) is 13.2 Å². The van der Waals surface area contributed by atoms with Crippen LogP contribution < -0.4 is 5.73 Å². The molecule has 0 saturated carbocycles. The number of alkyl halides is 3. The first kappa shape index (κ1) is 16.7. The number of aliphatic hydroxyl groups is 1. The van der Waals surface area contributed by atoms with Gasteiger partial charge in [-0.05, 0) is 18.4 Å². The topological polar surface area (TPSA) is 49.5 Å². The van der Waals surface area contributed by atoms with Gasteiger partial charge in [0.1, 0.15) is 0 Å². The molecule has 6 heteroatoms. The van der Waals surface area contributed by atoms with E-state index in [0.717, 1.165) is 12.8 Å². The molecule has 0 aliphatic rings. The van der Waals surface area contributed by atoms with Crippen molar-refractivity contribution in [2.45, 2.75) is 32.9 Å². The van der Waals surface area contributed by atoms with E-state index in [1.54, 1.807) is 0 Å². The summed E-state index contributed by atoms with van der Waals surface area (Å²) in [5.41, 5.74) is 5.31. The van der Waals surface area contributed by atoms with Crippen LogP contribution in [0.15, 0.2) is 0 Å². The van der Waals surface area contributed by atoms with Crippen molar-refractivity contribution in [3.05, 3.63) is 0 Å². The van der Waals surface area contributed by atoms with Gasteiger partial charge in [-0.25, -0.2) is 0 Å². The zero-order valence-electron chi connectivity index (χ0n) is 10.6. The molecule has 1 unspecified atom stereocenters. The Kier molecular flexibility index (Phi) is 7.04. The number of aliphatic hydroxyl groups excluding tert-OH is 1. The predicted molar refractivity (Wildman–Crippen MR) is 61.7 cm³/mol. The van der Waals surface area contributed by atoms with E-state index in [1.807, 2.05) is 13.8 Å². The number of hydrogen-bond donors (Lipinski definition) is 2. The average molecular weight is 256 g/mol. The molecule has 0 aromatic rings. The van der Waals surface area contributed by atoms with E-state index in [2.05, 4.69) is 0 Å². The van der Waals surface area contributed by atoms with Crippen molar-refractivity contribution in [3.63, 3.8) is 0 Å². The Labute approximate surface area is 101 Å². The van der Waals surface area contributed by atoms with Gasteiger partial charge in [-0.3, -0.25) is 4.90 Å². The van der Waals surface area contributed by atoms with Crippen LogP contribution in [0.1, 0.15) is 26.7 Å². The highest BCUT2D eigenvalue weighted by atomic mass is 19.4. The van der Waals surface area contributed by atoms with Crippen LogP contribution in [0.25, 0.3) is 0 Å². The van der Waals surface area contributed by atoms with Gasteiger partial charge < -0.3 is 10.8 Å². The number of rotatable bonds is 8. The molecule has 0 aromatic heterocycles. The van der Waals surface area contributed by atoms with Gasteiger partial charge in [-0.15, -0.1) is 0 Å². The van der Waals surface area contributed by atoms with Crippen LogP contribution in [0.4, 0.5) is 13.2 Å².